The van der Waals surface area contributed by atoms with Gasteiger partial charge < -0.3 is 0 Å². The van der Waals surface area contributed by atoms with Crippen molar-refractivity contribution in [1.29, 1.82) is 0 Å². The summed E-state index contributed by atoms with van der Waals surface area (Å²) in [5, 5.41) is 0. The van der Waals surface area contributed by atoms with Gasteiger partial charge in [0.25, 0.3) is 0 Å². The van der Waals surface area contributed by atoms with Gasteiger partial charge in [0.2, 0.25) is 0 Å². The molecule has 10 heteroatoms. The second-order valence-electron chi connectivity index (χ2n) is 10.3. The van der Waals surface area contributed by atoms with Crippen molar-refractivity contribution in [1.82, 2.24) is 29.9 Å². The average molecular weight is 613 g/mol. The summed E-state index contributed by atoms with van der Waals surface area (Å²) in [6.07, 6.45) is 4.48. The van der Waals surface area contributed by atoms with Crippen LogP contribution in [-0.4, -0.2) is 29.9 Å². The number of halogens is 4. The third-order valence-electron chi connectivity index (χ3n) is 7.16. The van der Waals surface area contributed by atoms with Gasteiger partial charge in [0.1, 0.15) is 23.3 Å². The molecule has 0 amide bonds. The Kier molecular flexibility index (Phi) is 7.51. The molecule has 0 radical (unpaired) electrons. The molecule has 0 unspecified atom stereocenters. The van der Waals surface area contributed by atoms with Gasteiger partial charge in [0, 0.05) is 0 Å². The first kappa shape index (κ1) is 28.6. The number of rotatable bonds is 6. The van der Waals surface area contributed by atoms with Crippen molar-refractivity contribution in [3.8, 4) is 67.8 Å². The molecule has 222 valence electrons. The van der Waals surface area contributed by atoms with E-state index in [-0.39, 0.29) is 0 Å². The van der Waals surface area contributed by atoms with Gasteiger partial charge in [0.05, 0.1) is 70.3 Å². The number of nitrogens with zero attached hydrogens (tertiary/aromatic N) is 6. The summed E-state index contributed by atoms with van der Waals surface area (Å²) >= 11 is 0. The van der Waals surface area contributed by atoms with E-state index >= 15 is 0 Å². The molecule has 0 aliphatic rings. The Morgan fingerprint density at radius 1 is 0.283 bits per heavy atom. The van der Waals surface area contributed by atoms with Gasteiger partial charge in [-0.05, 0) is 95.1 Å². The Labute approximate surface area is 260 Å². The van der Waals surface area contributed by atoms with E-state index in [1.807, 2.05) is 48.5 Å². The highest BCUT2D eigenvalue weighted by molar-refractivity contribution is 5.79. The highest BCUT2D eigenvalue weighted by Crippen LogP contribution is 2.33. The number of pyridine rings is 6. The summed E-state index contributed by atoms with van der Waals surface area (Å²) in [5.41, 5.74) is 7.06. The van der Waals surface area contributed by atoms with E-state index in [2.05, 4.69) is 29.9 Å². The summed E-state index contributed by atoms with van der Waals surface area (Å²) in [4.78, 5) is 26.1. The highest BCUT2D eigenvalue weighted by atomic mass is 19.1. The Balaban J connectivity index is 1.30. The number of benzene rings is 1. The molecule has 0 aliphatic heterocycles. The van der Waals surface area contributed by atoms with E-state index in [0.29, 0.717) is 45.6 Å². The average Bonchev–Trinajstić information content (AvgIpc) is 3.09. The zero-order valence-corrected chi connectivity index (χ0v) is 23.7. The van der Waals surface area contributed by atoms with Crippen LogP contribution < -0.4 is 0 Å². The minimum absolute atomic E-state index is 0.462. The first-order valence-electron chi connectivity index (χ1n) is 14.0. The van der Waals surface area contributed by atoms with Crippen molar-refractivity contribution in [3.05, 3.63) is 145 Å². The second-order valence-corrected chi connectivity index (χ2v) is 10.3. The fraction of sp³-hybridized carbons (Fsp3) is 0. The van der Waals surface area contributed by atoms with Crippen molar-refractivity contribution >= 4 is 0 Å². The van der Waals surface area contributed by atoms with E-state index in [1.165, 1.54) is 48.5 Å². The minimum Gasteiger partial charge on any atom is -0.252 e. The molecular weight excluding hydrogens is 592 g/mol. The third-order valence-corrected chi connectivity index (χ3v) is 7.16. The molecule has 46 heavy (non-hydrogen) atoms. The van der Waals surface area contributed by atoms with Gasteiger partial charge in [-0.3, -0.25) is 19.9 Å². The van der Waals surface area contributed by atoms with Gasteiger partial charge in [-0.25, -0.2) is 27.5 Å². The molecule has 0 N–H and O–H groups in total. The number of aromatic nitrogens is 6. The van der Waals surface area contributed by atoms with Crippen LogP contribution >= 0.6 is 0 Å². The lowest BCUT2D eigenvalue weighted by atomic mass is 9.98. The van der Waals surface area contributed by atoms with Crippen molar-refractivity contribution in [2.24, 2.45) is 0 Å². The van der Waals surface area contributed by atoms with Crippen LogP contribution in [0.2, 0.25) is 0 Å². The molecule has 0 fully saturated rings. The lowest BCUT2D eigenvalue weighted by molar-refractivity contribution is 0.621. The molecule has 0 saturated heterocycles. The Morgan fingerprint density at radius 2 is 0.543 bits per heavy atom. The monoisotopic (exact) mass is 612 g/mol. The molecule has 1 aromatic carbocycles. The molecule has 0 bridgehead atoms. The zero-order valence-electron chi connectivity index (χ0n) is 23.7. The first-order chi connectivity index (χ1) is 22.4. The van der Waals surface area contributed by atoms with E-state index < -0.39 is 23.3 Å². The molecule has 0 aliphatic carbocycles. The smallest absolute Gasteiger partial charge is 0.141 e. The molecule has 7 rings (SSSR count). The normalized spacial score (nSPS) is 11.0. The van der Waals surface area contributed by atoms with Crippen LogP contribution in [0.4, 0.5) is 17.6 Å². The van der Waals surface area contributed by atoms with Crippen LogP contribution in [0.3, 0.4) is 0 Å². The maximum atomic E-state index is 13.6. The van der Waals surface area contributed by atoms with Gasteiger partial charge in [-0.15, -0.1) is 0 Å². The second kappa shape index (κ2) is 12.1. The number of hydrogen-bond donors (Lipinski definition) is 0. The summed E-state index contributed by atoms with van der Waals surface area (Å²) in [7, 11) is 0. The molecule has 0 spiro atoms. The predicted molar refractivity (Wildman–Crippen MR) is 166 cm³/mol. The summed E-state index contributed by atoms with van der Waals surface area (Å²) in [6.45, 7) is 0. The van der Waals surface area contributed by atoms with Crippen LogP contribution in [0.1, 0.15) is 0 Å². The fourth-order valence-corrected chi connectivity index (χ4v) is 4.88. The molecule has 6 nitrogen and oxygen atoms in total. The third kappa shape index (κ3) is 6.09. The van der Waals surface area contributed by atoms with Crippen molar-refractivity contribution < 1.29 is 17.6 Å². The summed E-state index contributed by atoms with van der Waals surface area (Å²) < 4.78 is 54.4. The quantitative estimate of drug-likeness (QED) is 0.175. The van der Waals surface area contributed by atoms with E-state index in [9.17, 15) is 17.6 Å². The van der Waals surface area contributed by atoms with Crippen LogP contribution in [-0.2, 0) is 0 Å². The van der Waals surface area contributed by atoms with Crippen LogP contribution in [0.15, 0.2) is 122 Å². The van der Waals surface area contributed by atoms with Gasteiger partial charge in [-0.2, -0.15) is 0 Å². The molecule has 6 aromatic heterocycles. The standard InChI is InChI=1S/C36H20F4N6/c37-25-5-9-29(41-17-25)33-13-23(14-34(45-33)30-10-6-26(38)18-42-30)21-1-2-22(4-3-21)24-15-35(31-11-7-27(39)19-43-31)46-36(16-24)32-12-8-28(40)20-44-32/h1-20H. The molecule has 7 aromatic rings. The summed E-state index contributed by atoms with van der Waals surface area (Å²) in [5.74, 6) is -1.87. The Morgan fingerprint density at radius 3 is 0.761 bits per heavy atom. The van der Waals surface area contributed by atoms with Crippen molar-refractivity contribution in [3.63, 3.8) is 0 Å². The first-order valence-corrected chi connectivity index (χ1v) is 14.0. The topological polar surface area (TPSA) is 77.3 Å². The van der Waals surface area contributed by atoms with Crippen LogP contribution in [0, 0.1) is 23.3 Å². The predicted octanol–water partition coefficient (Wildman–Crippen LogP) is 8.62. The van der Waals surface area contributed by atoms with Gasteiger partial charge in [0.15, 0.2) is 0 Å². The van der Waals surface area contributed by atoms with Gasteiger partial charge >= 0.3 is 0 Å². The summed E-state index contributed by atoms with van der Waals surface area (Å²) in [6, 6.07) is 26.5. The maximum Gasteiger partial charge on any atom is 0.141 e. The van der Waals surface area contributed by atoms with E-state index in [0.717, 1.165) is 47.0 Å². The van der Waals surface area contributed by atoms with Crippen molar-refractivity contribution in [2.75, 3.05) is 0 Å². The molecule has 0 atom stereocenters. The van der Waals surface area contributed by atoms with Crippen LogP contribution in [0.5, 0.6) is 0 Å². The molecule has 0 saturated carbocycles. The minimum atomic E-state index is -0.469. The SMILES string of the molecule is Fc1ccc(-c2cc(-c3ccc(-c4cc(-c5ccc(F)cn5)nc(-c5ccc(F)cn5)c4)cc3)cc(-c3ccc(F)cn3)n2)nc1. The van der Waals surface area contributed by atoms with Crippen LogP contribution in [0.25, 0.3) is 67.8 Å². The zero-order chi connectivity index (χ0) is 31.6. The van der Waals surface area contributed by atoms with Gasteiger partial charge in [-0.1, -0.05) is 24.3 Å². The molecule has 6 heterocycles. The Bertz CT molecular complexity index is 1870. The number of hydrogen-bond acceptors (Lipinski definition) is 6. The molecular formula is C36H20F4N6. The maximum absolute atomic E-state index is 13.6. The lowest BCUT2D eigenvalue weighted by Crippen LogP contribution is -1.95. The van der Waals surface area contributed by atoms with E-state index in [4.69, 9.17) is 0 Å². The lowest BCUT2D eigenvalue weighted by Gasteiger charge is -2.12. The van der Waals surface area contributed by atoms with Crippen molar-refractivity contribution in [2.45, 2.75) is 0 Å². The van der Waals surface area contributed by atoms with E-state index in [1.54, 1.807) is 0 Å². The largest absolute Gasteiger partial charge is 0.252 e. The highest BCUT2D eigenvalue weighted by Gasteiger charge is 2.14. The fourth-order valence-electron chi connectivity index (χ4n) is 4.88. The Hall–Kier alpha value is -6.16.